The van der Waals surface area contributed by atoms with Gasteiger partial charge in [-0.05, 0) is 57.8 Å². The number of nitrogens with one attached hydrogen (secondary N) is 1. The van der Waals surface area contributed by atoms with Gasteiger partial charge in [-0.1, -0.05) is 346 Å². The lowest BCUT2D eigenvalue weighted by Crippen LogP contribution is -2.45. The Morgan fingerprint density at radius 1 is 0.351 bits per heavy atom. The smallest absolute Gasteiger partial charge is 0.305 e. The van der Waals surface area contributed by atoms with Crippen LogP contribution in [-0.4, -0.2) is 47.4 Å². The number of ether oxygens (including phenoxy) is 1. The monoisotopic (exact) mass is 1080 g/mol. The molecule has 0 spiro atoms. The first-order valence-electron chi connectivity index (χ1n) is 35.1. The van der Waals surface area contributed by atoms with E-state index in [0.717, 1.165) is 38.5 Å². The lowest BCUT2D eigenvalue weighted by molar-refractivity contribution is -0.143. The van der Waals surface area contributed by atoms with Gasteiger partial charge in [0.15, 0.2) is 0 Å². The Labute approximate surface area is 481 Å². The van der Waals surface area contributed by atoms with Crippen molar-refractivity contribution < 1.29 is 24.5 Å². The van der Waals surface area contributed by atoms with E-state index in [0.29, 0.717) is 19.4 Å². The van der Waals surface area contributed by atoms with Gasteiger partial charge in [-0.25, -0.2) is 0 Å². The molecule has 0 bridgehead atoms. The number of unbranched alkanes of at least 4 members (excludes halogenated alkanes) is 53. The summed E-state index contributed by atoms with van der Waals surface area (Å²) in [6, 6.07) is -0.628. The van der Waals surface area contributed by atoms with E-state index in [-0.39, 0.29) is 18.5 Å². The van der Waals surface area contributed by atoms with Gasteiger partial charge in [-0.15, -0.1) is 0 Å². The summed E-state index contributed by atoms with van der Waals surface area (Å²) in [5.41, 5.74) is 0. The van der Waals surface area contributed by atoms with Crippen LogP contribution in [0.5, 0.6) is 0 Å². The molecule has 1 amide bonds. The number of allylic oxidation sites excluding steroid dienone is 3. The highest BCUT2D eigenvalue weighted by Gasteiger charge is 2.18. The van der Waals surface area contributed by atoms with Crippen molar-refractivity contribution in [1.82, 2.24) is 5.32 Å². The standard InChI is InChI=1S/C71H137NO5/c1-3-5-7-9-11-13-15-17-18-19-20-31-34-37-40-43-47-51-55-59-63-69(74)68(67-73)72-70(75)64-60-56-52-48-44-41-38-35-32-29-27-25-23-21-22-24-26-28-30-33-36-39-42-46-50-54-58-62-66-77-71(76)65-61-57-53-49-45-16-14-12-10-8-6-4-2/h21-22,59,63,68-69,73-74H,3-20,23-58,60-62,64-67H2,1-2H3,(H,72,75)/b22-21-,63-59+. The number of amides is 1. The van der Waals surface area contributed by atoms with E-state index in [4.69, 9.17) is 4.74 Å². The molecule has 6 nitrogen and oxygen atoms in total. The fraction of sp³-hybridized carbons (Fsp3) is 0.915. The summed E-state index contributed by atoms with van der Waals surface area (Å²) in [5, 5.41) is 23.2. The van der Waals surface area contributed by atoms with E-state index in [9.17, 15) is 19.8 Å². The maximum absolute atomic E-state index is 12.5. The van der Waals surface area contributed by atoms with Crippen molar-refractivity contribution in [2.75, 3.05) is 13.2 Å². The second-order valence-electron chi connectivity index (χ2n) is 24.2. The summed E-state index contributed by atoms with van der Waals surface area (Å²) in [4.78, 5) is 24.5. The van der Waals surface area contributed by atoms with Crippen molar-refractivity contribution in [2.24, 2.45) is 0 Å². The van der Waals surface area contributed by atoms with Crippen LogP contribution in [0.3, 0.4) is 0 Å². The zero-order valence-corrected chi connectivity index (χ0v) is 52.2. The van der Waals surface area contributed by atoms with Crippen molar-refractivity contribution in [1.29, 1.82) is 0 Å². The first kappa shape index (κ1) is 75.3. The SMILES string of the molecule is CCCCCCCCCCCCCCCCCCCC/C=C/C(O)C(CO)NC(=O)CCCCCCCCCCCCCC/C=C\CCCCCCCCCCCCCCOC(=O)CCCCCCCCCCCCCC. The molecule has 0 fully saturated rings. The van der Waals surface area contributed by atoms with E-state index in [1.54, 1.807) is 6.08 Å². The Balaban J connectivity index is 3.40. The summed E-state index contributed by atoms with van der Waals surface area (Å²) in [7, 11) is 0. The highest BCUT2D eigenvalue weighted by molar-refractivity contribution is 5.76. The van der Waals surface area contributed by atoms with E-state index in [2.05, 4.69) is 31.3 Å². The van der Waals surface area contributed by atoms with Gasteiger partial charge in [0.25, 0.3) is 0 Å². The molecule has 0 aromatic carbocycles. The van der Waals surface area contributed by atoms with E-state index in [1.165, 1.54) is 327 Å². The Bertz CT molecular complexity index is 1200. The zero-order chi connectivity index (χ0) is 55.7. The third kappa shape index (κ3) is 63.4. The number of carbonyl (C=O) groups excluding carboxylic acids is 2. The Morgan fingerprint density at radius 2 is 0.610 bits per heavy atom. The summed E-state index contributed by atoms with van der Waals surface area (Å²) in [6.45, 7) is 4.94. The molecular formula is C71H137NO5. The lowest BCUT2D eigenvalue weighted by atomic mass is 10.0. The van der Waals surface area contributed by atoms with Crippen LogP contribution in [0, 0.1) is 0 Å². The molecule has 0 aliphatic heterocycles. The van der Waals surface area contributed by atoms with Crippen molar-refractivity contribution in [3.8, 4) is 0 Å². The van der Waals surface area contributed by atoms with Crippen LogP contribution in [0.25, 0.3) is 0 Å². The van der Waals surface area contributed by atoms with E-state index >= 15 is 0 Å². The lowest BCUT2D eigenvalue weighted by Gasteiger charge is -2.20. The highest BCUT2D eigenvalue weighted by Crippen LogP contribution is 2.18. The van der Waals surface area contributed by atoms with Gasteiger partial charge in [-0.2, -0.15) is 0 Å². The molecule has 0 saturated carbocycles. The van der Waals surface area contributed by atoms with Gasteiger partial charge in [0, 0.05) is 12.8 Å². The number of aliphatic hydroxyl groups is 2. The molecule has 77 heavy (non-hydrogen) atoms. The fourth-order valence-electron chi connectivity index (χ4n) is 11.1. The molecule has 0 aromatic rings. The molecule has 0 heterocycles. The van der Waals surface area contributed by atoms with Crippen molar-refractivity contribution in [3.05, 3.63) is 24.3 Å². The quantitative estimate of drug-likeness (QED) is 0.0320. The first-order chi connectivity index (χ1) is 38.0. The largest absolute Gasteiger partial charge is 0.466 e. The molecule has 2 unspecified atom stereocenters. The Morgan fingerprint density at radius 3 is 0.922 bits per heavy atom. The van der Waals surface area contributed by atoms with Gasteiger partial charge < -0.3 is 20.3 Å². The summed E-state index contributed by atoms with van der Waals surface area (Å²) in [5.74, 6) is -0.0473. The maximum Gasteiger partial charge on any atom is 0.305 e. The molecule has 0 aliphatic rings. The molecule has 6 heteroatoms. The molecule has 3 N–H and O–H groups in total. The van der Waals surface area contributed by atoms with Crippen LogP contribution < -0.4 is 5.32 Å². The molecule has 2 atom stereocenters. The maximum atomic E-state index is 12.5. The van der Waals surface area contributed by atoms with Crippen LogP contribution in [0.15, 0.2) is 24.3 Å². The molecule has 456 valence electrons. The number of rotatable bonds is 66. The molecule has 0 radical (unpaired) electrons. The summed E-state index contributed by atoms with van der Waals surface area (Å²) in [6.07, 6.45) is 84.0. The molecule has 0 aliphatic carbocycles. The fourth-order valence-corrected chi connectivity index (χ4v) is 11.1. The first-order valence-corrected chi connectivity index (χ1v) is 35.1. The van der Waals surface area contributed by atoms with Crippen molar-refractivity contribution >= 4 is 11.9 Å². The third-order valence-electron chi connectivity index (χ3n) is 16.5. The molecule has 0 aromatic heterocycles. The summed E-state index contributed by atoms with van der Waals surface area (Å²) >= 11 is 0. The molecule has 0 saturated heterocycles. The predicted molar refractivity (Wildman–Crippen MR) is 338 cm³/mol. The van der Waals surface area contributed by atoms with Crippen LogP contribution >= 0.6 is 0 Å². The summed E-state index contributed by atoms with van der Waals surface area (Å²) < 4.78 is 5.48. The van der Waals surface area contributed by atoms with E-state index in [1.807, 2.05) is 6.08 Å². The molecule has 0 rings (SSSR count). The van der Waals surface area contributed by atoms with Crippen molar-refractivity contribution in [3.63, 3.8) is 0 Å². The predicted octanol–water partition coefficient (Wildman–Crippen LogP) is 22.5. The van der Waals surface area contributed by atoms with Gasteiger partial charge in [0.05, 0.1) is 25.4 Å². The minimum Gasteiger partial charge on any atom is -0.466 e. The second kappa shape index (κ2) is 66.8. The van der Waals surface area contributed by atoms with Gasteiger partial charge in [-0.3, -0.25) is 9.59 Å². The minimum atomic E-state index is -0.845. The average Bonchev–Trinajstić information content (AvgIpc) is 3.43. The topological polar surface area (TPSA) is 95.9 Å². The van der Waals surface area contributed by atoms with Crippen LogP contribution in [-0.2, 0) is 14.3 Å². The average molecular weight is 1080 g/mol. The molecular weight excluding hydrogens is 947 g/mol. The van der Waals surface area contributed by atoms with Gasteiger partial charge in [0.2, 0.25) is 5.91 Å². The van der Waals surface area contributed by atoms with Gasteiger partial charge >= 0.3 is 5.97 Å². The minimum absolute atomic E-state index is 0.0168. The zero-order valence-electron chi connectivity index (χ0n) is 52.2. The number of carbonyl (C=O) groups is 2. The van der Waals surface area contributed by atoms with Crippen LogP contribution in [0.4, 0.5) is 0 Å². The van der Waals surface area contributed by atoms with Gasteiger partial charge in [0.1, 0.15) is 0 Å². The number of aliphatic hydroxyl groups excluding tert-OH is 2. The Hall–Kier alpha value is -1.66. The van der Waals surface area contributed by atoms with Crippen LogP contribution in [0.1, 0.15) is 393 Å². The highest BCUT2D eigenvalue weighted by atomic mass is 16.5. The Kier molecular flexibility index (Phi) is 65.4. The number of hydrogen-bond donors (Lipinski definition) is 3. The number of esters is 1. The van der Waals surface area contributed by atoms with E-state index < -0.39 is 12.1 Å². The second-order valence-corrected chi connectivity index (χ2v) is 24.2. The number of hydrogen-bond acceptors (Lipinski definition) is 5. The normalized spacial score (nSPS) is 12.6. The van der Waals surface area contributed by atoms with Crippen LogP contribution in [0.2, 0.25) is 0 Å². The van der Waals surface area contributed by atoms with Crippen molar-refractivity contribution in [2.45, 2.75) is 405 Å². The third-order valence-corrected chi connectivity index (χ3v) is 16.5.